The molecule has 0 aromatic heterocycles. The lowest BCUT2D eigenvalue weighted by atomic mass is 10.2. The van der Waals surface area contributed by atoms with Crippen LogP contribution in [0.25, 0.3) is 0 Å². The number of carbonyl (C=O) groups excluding carboxylic acids is 1. The number of amides is 1. The van der Waals surface area contributed by atoms with E-state index in [0.29, 0.717) is 4.41 Å². The van der Waals surface area contributed by atoms with Crippen LogP contribution in [0.1, 0.15) is 18.9 Å². The number of hydrazone groups is 1. The number of benzene rings is 2. The molecule has 0 aliphatic rings. The number of nitrogens with zero attached hydrogens (tertiary/aromatic N) is 3. The molecule has 0 saturated carbocycles. The number of carbonyl (C=O) groups is 1. The molecule has 1 amide bonds. The van der Waals surface area contributed by atoms with Crippen LogP contribution >= 0.6 is 0 Å². The second-order valence-corrected chi connectivity index (χ2v) is 6.64. The second kappa shape index (κ2) is 7.67. The van der Waals surface area contributed by atoms with Gasteiger partial charge in [0.25, 0.3) is 21.6 Å². The van der Waals surface area contributed by atoms with E-state index in [0.717, 1.165) is 6.21 Å². The monoisotopic (exact) mass is 361 g/mol. The predicted octanol–water partition coefficient (Wildman–Crippen LogP) is 2.56. The van der Waals surface area contributed by atoms with E-state index >= 15 is 0 Å². The van der Waals surface area contributed by atoms with E-state index in [-0.39, 0.29) is 22.6 Å². The maximum atomic E-state index is 12.6. The Labute approximate surface area is 144 Å². The molecular formula is C16H15N3O5S. The topological polar surface area (TPSA) is 110 Å². The van der Waals surface area contributed by atoms with Crippen LogP contribution in [0.5, 0.6) is 0 Å². The first-order valence-corrected chi connectivity index (χ1v) is 8.72. The number of nitro groups is 1. The molecule has 0 N–H and O–H groups in total. The van der Waals surface area contributed by atoms with Gasteiger partial charge in [-0.25, -0.2) is 0 Å². The van der Waals surface area contributed by atoms with Gasteiger partial charge in [-0.1, -0.05) is 37.3 Å². The van der Waals surface area contributed by atoms with Crippen LogP contribution < -0.4 is 0 Å². The van der Waals surface area contributed by atoms with E-state index in [1.54, 1.807) is 12.1 Å². The Morgan fingerprint density at radius 3 is 2.36 bits per heavy atom. The fourth-order valence-corrected chi connectivity index (χ4v) is 3.23. The van der Waals surface area contributed by atoms with Gasteiger partial charge in [0.1, 0.15) is 0 Å². The summed E-state index contributed by atoms with van der Waals surface area (Å²) in [6.07, 6.45) is 0.895. The van der Waals surface area contributed by atoms with Gasteiger partial charge in [-0.05, 0) is 18.2 Å². The third kappa shape index (κ3) is 4.07. The highest BCUT2D eigenvalue weighted by molar-refractivity contribution is 7.89. The summed E-state index contributed by atoms with van der Waals surface area (Å²) in [5, 5.41) is 14.7. The van der Waals surface area contributed by atoms with Crippen LogP contribution in [0, 0.1) is 10.1 Å². The molecule has 0 radical (unpaired) electrons. The molecule has 0 atom stereocenters. The molecule has 9 heteroatoms. The molecule has 0 bridgehead atoms. The lowest BCUT2D eigenvalue weighted by molar-refractivity contribution is -0.385. The first kappa shape index (κ1) is 18.3. The minimum absolute atomic E-state index is 0.0877. The Kier molecular flexibility index (Phi) is 5.60. The fourth-order valence-electron chi connectivity index (χ4n) is 1.97. The molecule has 0 unspecified atom stereocenters. The largest absolute Gasteiger partial charge is 0.286 e. The van der Waals surface area contributed by atoms with Gasteiger partial charge >= 0.3 is 0 Å². The SMILES string of the molecule is CCC(=O)N(/N=C/c1ccccc1[N+](=O)[O-])S(=O)(=O)c1ccccc1. The lowest BCUT2D eigenvalue weighted by Gasteiger charge is -2.16. The molecule has 2 rings (SSSR count). The zero-order valence-electron chi connectivity index (χ0n) is 13.3. The summed E-state index contributed by atoms with van der Waals surface area (Å²) in [7, 11) is -4.20. The van der Waals surface area contributed by atoms with Gasteiger partial charge in [0.15, 0.2) is 0 Å². The normalized spacial score (nSPS) is 11.4. The molecule has 2 aromatic carbocycles. The predicted molar refractivity (Wildman–Crippen MR) is 91.5 cm³/mol. The van der Waals surface area contributed by atoms with Crippen molar-refractivity contribution in [2.45, 2.75) is 18.2 Å². The Morgan fingerprint density at radius 1 is 1.16 bits per heavy atom. The van der Waals surface area contributed by atoms with E-state index in [4.69, 9.17) is 0 Å². The smallest absolute Gasteiger partial charge is 0.272 e. The maximum absolute atomic E-state index is 12.6. The van der Waals surface area contributed by atoms with Gasteiger partial charge in [0.2, 0.25) is 0 Å². The molecule has 0 heterocycles. The van der Waals surface area contributed by atoms with Gasteiger partial charge in [0.05, 0.1) is 21.6 Å². The summed E-state index contributed by atoms with van der Waals surface area (Å²) in [5.41, 5.74) is -0.156. The minimum Gasteiger partial charge on any atom is -0.272 e. The Morgan fingerprint density at radius 2 is 1.76 bits per heavy atom. The van der Waals surface area contributed by atoms with E-state index in [2.05, 4.69) is 5.10 Å². The average Bonchev–Trinajstić information content (AvgIpc) is 2.62. The van der Waals surface area contributed by atoms with Crippen molar-refractivity contribution in [2.75, 3.05) is 0 Å². The van der Waals surface area contributed by atoms with E-state index in [1.807, 2.05) is 0 Å². The molecule has 25 heavy (non-hydrogen) atoms. The standard InChI is InChI=1S/C16H15N3O5S/c1-2-16(20)18(25(23,24)14-9-4-3-5-10-14)17-12-13-8-6-7-11-15(13)19(21)22/h3-12H,2H2,1H3/b17-12+. The summed E-state index contributed by atoms with van der Waals surface area (Å²) < 4.78 is 25.6. The van der Waals surface area contributed by atoms with Crippen molar-refractivity contribution in [3.8, 4) is 0 Å². The Hall–Kier alpha value is -3.07. The van der Waals surface area contributed by atoms with Crippen molar-refractivity contribution in [3.05, 3.63) is 70.3 Å². The number of para-hydroxylation sites is 1. The fraction of sp³-hybridized carbons (Fsp3) is 0.125. The van der Waals surface area contributed by atoms with Crippen molar-refractivity contribution >= 4 is 27.8 Å². The first-order chi connectivity index (χ1) is 11.9. The number of rotatable bonds is 6. The number of sulfonamides is 1. The number of hydrogen-bond donors (Lipinski definition) is 0. The zero-order valence-corrected chi connectivity index (χ0v) is 14.1. The zero-order chi connectivity index (χ0) is 18.4. The lowest BCUT2D eigenvalue weighted by Crippen LogP contribution is -2.32. The van der Waals surface area contributed by atoms with Crippen LogP contribution in [0.15, 0.2) is 64.6 Å². The van der Waals surface area contributed by atoms with Crippen molar-refractivity contribution in [1.82, 2.24) is 4.41 Å². The summed E-state index contributed by atoms with van der Waals surface area (Å²) >= 11 is 0. The van der Waals surface area contributed by atoms with Crippen LogP contribution in [-0.4, -0.2) is 29.9 Å². The highest BCUT2D eigenvalue weighted by atomic mass is 32.2. The van der Waals surface area contributed by atoms with Gasteiger partial charge in [-0.3, -0.25) is 14.9 Å². The Balaban J connectivity index is 2.47. The summed E-state index contributed by atoms with van der Waals surface area (Å²) in [5.74, 6) is -0.751. The van der Waals surface area contributed by atoms with E-state index in [1.165, 1.54) is 49.4 Å². The highest BCUT2D eigenvalue weighted by Gasteiger charge is 2.28. The van der Waals surface area contributed by atoms with E-state index in [9.17, 15) is 23.3 Å². The molecular weight excluding hydrogens is 346 g/mol. The summed E-state index contributed by atoms with van der Waals surface area (Å²) in [6, 6.07) is 13.1. The second-order valence-electron chi connectivity index (χ2n) is 4.87. The highest BCUT2D eigenvalue weighted by Crippen LogP contribution is 2.19. The summed E-state index contributed by atoms with van der Waals surface area (Å²) in [4.78, 5) is 22.4. The van der Waals surface area contributed by atoms with Crippen molar-refractivity contribution in [1.29, 1.82) is 0 Å². The number of nitro benzene ring substituents is 1. The minimum atomic E-state index is -4.20. The van der Waals surface area contributed by atoms with Crippen LogP contribution in [0.3, 0.4) is 0 Å². The molecule has 0 spiro atoms. The molecule has 2 aromatic rings. The first-order valence-electron chi connectivity index (χ1n) is 7.28. The van der Waals surface area contributed by atoms with Gasteiger partial charge in [-0.2, -0.15) is 13.5 Å². The third-order valence-corrected chi connectivity index (χ3v) is 4.84. The van der Waals surface area contributed by atoms with Gasteiger partial charge in [-0.15, -0.1) is 4.41 Å². The van der Waals surface area contributed by atoms with Crippen molar-refractivity contribution in [3.63, 3.8) is 0 Å². The van der Waals surface area contributed by atoms with Crippen LogP contribution in [0.4, 0.5) is 5.69 Å². The van der Waals surface area contributed by atoms with Crippen molar-refractivity contribution < 1.29 is 18.1 Å². The van der Waals surface area contributed by atoms with Crippen LogP contribution in [-0.2, 0) is 14.8 Å². The average molecular weight is 361 g/mol. The molecule has 0 aliphatic carbocycles. The Bertz CT molecular complexity index is 910. The molecule has 0 fully saturated rings. The maximum Gasteiger partial charge on any atom is 0.286 e. The molecule has 130 valence electrons. The number of hydrogen-bond acceptors (Lipinski definition) is 6. The molecule has 0 saturated heterocycles. The van der Waals surface area contributed by atoms with Gasteiger partial charge in [0, 0.05) is 12.5 Å². The van der Waals surface area contributed by atoms with E-state index < -0.39 is 20.9 Å². The molecule has 0 aliphatic heterocycles. The van der Waals surface area contributed by atoms with Gasteiger partial charge < -0.3 is 0 Å². The summed E-state index contributed by atoms with van der Waals surface area (Å²) in [6.45, 7) is 1.50. The van der Waals surface area contributed by atoms with Crippen molar-refractivity contribution in [2.24, 2.45) is 5.10 Å². The molecule has 8 nitrogen and oxygen atoms in total. The third-order valence-electron chi connectivity index (χ3n) is 3.22. The quantitative estimate of drug-likeness (QED) is 0.446. The van der Waals surface area contributed by atoms with Crippen LogP contribution in [0.2, 0.25) is 0 Å².